The van der Waals surface area contributed by atoms with Crippen LogP contribution in [0.4, 0.5) is 4.39 Å². The highest BCUT2D eigenvalue weighted by atomic mass is 19.1. The van der Waals surface area contributed by atoms with E-state index in [0.29, 0.717) is 5.56 Å². The van der Waals surface area contributed by atoms with Crippen LogP contribution in [0.25, 0.3) is 10.8 Å². The second kappa shape index (κ2) is 3.44. The van der Waals surface area contributed by atoms with E-state index in [1.165, 1.54) is 12.1 Å². The first-order valence-electron chi connectivity index (χ1n) is 4.46. The molecular weight excluding hydrogens is 215 g/mol. The van der Waals surface area contributed by atoms with E-state index in [-0.39, 0.29) is 10.8 Å². The van der Waals surface area contributed by atoms with Crippen LogP contribution in [0.15, 0.2) is 27.4 Å². The van der Waals surface area contributed by atoms with Gasteiger partial charge in [0.2, 0.25) is 5.76 Å². The molecule has 2 aromatic rings. The van der Waals surface area contributed by atoms with Crippen LogP contribution in [0.3, 0.4) is 0 Å². The highest BCUT2D eigenvalue weighted by molar-refractivity contribution is 5.91. The maximum absolute atomic E-state index is 13.5. The number of carboxylic acids is 1. The van der Waals surface area contributed by atoms with Gasteiger partial charge >= 0.3 is 11.6 Å². The zero-order valence-electron chi connectivity index (χ0n) is 8.28. The van der Waals surface area contributed by atoms with Gasteiger partial charge in [-0.1, -0.05) is 0 Å². The number of benzene rings is 1. The van der Waals surface area contributed by atoms with Crippen LogP contribution in [0.2, 0.25) is 0 Å². The van der Waals surface area contributed by atoms with E-state index in [4.69, 9.17) is 5.11 Å². The Kier molecular flexibility index (Phi) is 2.23. The molecule has 0 saturated heterocycles. The summed E-state index contributed by atoms with van der Waals surface area (Å²) in [7, 11) is 0. The topological polar surface area (TPSA) is 67.5 Å². The Balaban J connectivity index is 2.93. The molecule has 16 heavy (non-hydrogen) atoms. The Morgan fingerprint density at radius 1 is 1.31 bits per heavy atom. The lowest BCUT2D eigenvalue weighted by Crippen LogP contribution is -2.07. The standard InChI is InChI=1S/C11H7FO4/c1-5-2-7-6(8(12)3-5)4-9(10(13)14)16-11(7)15/h2-4H,1H3,(H,13,14). The highest BCUT2D eigenvalue weighted by Crippen LogP contribution is 2.18. The Morgan fingerprint density at radius 2 is 2.00 bits per heavy atom. The molecule has 0 bridgehead atoms. The summed E-state index contributed by atoms with van der Waals surface area (Å²) in [4.78, 5) is 22.0. The molecule has 0 aliphatic carbocycles. The first-order valence-corrected chi connectivity index (χ1v) is 4.46. The number of halogens is 1. The predicted octanol–water partition coefficient (Wildman–Crippen LogP) is 1.94. The predicted molar refractivity (Wildman–Crippen MR) is 54.1 cm³/mol. The van der Waals surface area contributed by atoms with Gasteiger partial charge in [-0.2, -0.15) is 0 Å². The molecule has 2 rings (SSSR count). The number of aryl methyl sites for hydroxylation is 1. The molecule has 0 aliphatic heterocycles. The van der Waals surface area contributed by atoms with Gasteiger partial charge in [0.1, 0.15) is 5.82 Å². The van der Waals surface area contributed by atoms with Crippen molar-refractivity contribution in [2.75, 3.05) is 0 Å². The minimum absolute atomic E-state index is 0.0424. The summed E-state index contributed by atoms with van der Waals surface area (Å²) >= 11 is 0. The number of rotatable bonds is 1. The van der Waals surface area contributed by atoms with Crippen LogP contribution in [0, 0.1) is 12.7 Å². The maximum Gasteiger partial charge on any atom is 0.371 e. The smallest absolute Gasteiger partial charge is 0.371 e. The molecular formula is C11H7FO4. The van der Waals surface area contributed by atoms with Crippen LogP contribution in [0.1, 0.15) is 16.1 Å². The second-order valence-electron chi connectivity index (χ2n) is 3.41. The summed E-state index contributed by atoms with van der Waals surface area (Å²) in [5.41, 5.74) is -0.280. The lowest BCUT2D eigenvalue weighted by molar-refractivity contribution is 0.0658. The monoisotopic (exact) mass is 222 g/mol. The third-order valence-corrected chi connectivity index (χ3v) is 2.18. The number of hydrogen-bond donors (Lipinski definition) is 1. The van der Waals surface area contributed by atoms with E-state index in [1.54, 1.807) is 6.92 Å². The van der Waals surface area contributed by atoms with Crippen molar-refractivity contribution in [3.05, 3.63) is 45.8 Å². The van der Waals surface area contributed by atoms with Crippen molar-refractivity contribution in [3.63, 3.8) is 0 Å². The number of hydrogen-bond acceptors (Lipinski definition) is 3. The molecule has 0 atom stereocenters. The van der Waals surface area contributed by atoms with Crippen molar-refractivity contribution >= 4 is 16.7 Å². The molecule has 82 valence electrons. The minimum atomic E-state index is -1.40. The van der Waals surface area contributed by atoms with Gasteiger partial charge in [-0.3, -0.25) is 0 Å². The number of carbonyl (C=O) groups is 1. The van der Waals surface area contributed by atoms with Crippen LogP contribution >= 0.6 is 0 Å². The number of carboxylic acid groups (broad SMARTS) is 1. The average molecular weight is 222 g/mol. The largest absolute Gasteiger partial charge is 0.475 e. The summed E-state index contributed by atoms with van der Waals surface area (Å²) in [6.07, 6.45) is 0. The van der Waals surface area contributed by atoms with E-state index in [9.17, 15) is 14.0 Å². The van der Waals surface area contributed by atoms with Gasteiger partial charge in [-0.15, -0.1) is 0 Å². The maximum atomic E-state index is 13.5. The fourth-order valence-electron chi connectivity index (χ4n) is 1.49. The summed E-state index contributed by atoms with van der Waals surface area (Å²) in [6.45, 7) is 1.63. The average Bonchev–Trinajstić information content (AvgIpc) is 2.19. The molecule has 0 aliphatic rings. The Morgan fingerprint density at radius 3 is 2.62 bits per heavy atom. The first kappa shape index (κ1) is 10.4. The third kappa shape index (κ3) is 1.56. The lowest BCUT2D eigenvalue weighted by atomic mass is 10.1. The lowest BCUT2D eigenvalue weighted by Gasteiger charge is -2.01. The van der Waals surface area contributed by atoms with E-state index in [0.717, 1.165) is 6.07 Å². The van der Waals surface area contributed by atoms with Crippen LogP contribution < -0.4 is 5.63 Å². The third-order valence-electron chi connectivity index (χ3n) is 2.18. The number of aromatic carboxylic acids is 1. The molecule has 0 unspecified atom stereocenters. The van der Waals surface area contributed by atoms with Gasteiger partial charge in [-0.05, 0) is 30.7 Å². The van der Waals surface area contributed by atoms with Gasteiger partial charge in [0.05, 0.1) is 5.39 Å². The van der Waals surface area contributed by atoms with Crippen LogP contribution in [-0.4, -0.2) is 11.1 Å². The molecule has 1 aromatic carbocycles. The SMILES string of the molecule is Cc1cc(F)c2cc(C(=O)O)oc(=O)c2c1. The fraction of sp³-hybridized carbons (Fsp3) is 0.0909. The summed E-state index contributed by atoms with van der Waals surface area (Å²) < 4.78 is 18.0. The fourth-order valence-corrected chi connectivity index (χ4v) is 1.49. The zero-order chi connectivity index (χ0) is 11.9. The molecule has 0 amide bonds. The minimum Gasteiger partial charge on any atom is -0.475 e. The van der Waals surface area contributed by atoms with E-state index in [1.807, 2.05) is 0 Å². The molecule has 4 nitrogen and oxygen atoms in total. The second-order valence-corrected chi connectivity index (χ2v) is 3.41. The van der Waals surface area contributed by atoms with Crippen molar-refractivity contribution in [2.24, 2.45) is 0 Å². The van der Waals surface area contributed by atoms with Crippen molar-refractivity contribution in [1.29, 1.82) is 0 Å². The zero-order valence-corrected chi connectivity index (χ0v) is 8.28. The summed E-state index contributed by atoms with van der Waals surface area (Å²) in [5.74, 6) is -2.61. The molecule has 0 saturated carbocycles. The molecule has 1 aromatic heterocycles. The molecule has 0 radical (unpaired) electrons. The van der Waals surface area contributed by atoms with Crippen molar-refractivity contribution in [2.45, 2.75) is 6.92 Å². The van der Waals surface area contributed by atoms with E-state index >= 15 is 0 Å². The summed E-state index contributed by atoms with van der Waals surface area (Å²) in [5, 5.41) is 8.66. The quantitative estimate of drug-likeness (QED) is 0.800. The van der Waals surface area contributed by atoms with Crippen molar-refractivity contribution in [3.8, 4) is 0 Å². The van der Waals surface area contributed by atoms with E-state index < -0.39 is 23.2 Å². The molecule has 1 heterocycles. The highest BCUT2D eigenvalue weighted by Gasteiger charge is 2.13. The van der Waals surface area contributed by atoms with Gasteiger partial charge in [0, 0.05) is 5.39 Å². The Hall–Kier alpha value is -2.17. The molecule has 0 fully saturated rings. The normalized spacial score (nSPS) is 10.6. The van der Waals surface area contributed by atoms with Crippen molar-refractivity contribution in [1.82, 2.24) is 0 Å². The molecule has 5 heteroatoms. The van der Waals surface area contributed by atoms with Gasteiger partial charge in [0.15, 0.2) is 0 Å². The van der Waals surface area contributed by atoms with Crippen molar-refractivity contribution < 1.29 is 18.7 Å². The number of fused-ring (bicyclic) bond motifs is 1. The van der Waals surface area contributed by atoms with Gasteiger partial charge in [0.25, 0.3) is 0 Å². The van der Waals surface area contributed by atoms with Gasteiger partial charge < -0.3 is 9.52 Å². The van der Waals surface area contributed by atoms with Crippen LogP contribution in [0.5, 0.6) is 0 Å². The van der Waals surface area contributed by atoms with E-state index in [2.05, 4.69) is 4.42 Å². The molecule has 1 N–H and O–H groups in total. The summed E-state index contributed by atoms with van der Waals surface area (Å²) in [6, 6.07) is 3.69. The Labute approximate surface area is 88.9 Å². The molecule has 0 spiro atoms. The Bertz CT molecular complexity index is 642. The van der Waals surface area contributed by atoms with Crippen LogP contribution in [-0.2, 0) is 0 Å². The first-order chi connectivity index (χ1) is 7.49. The van der Waals surface area contributed by atoms with Gasteiger partial charge in [-0.25, -0.2) is 14.0 Å².